The number of carbonyl (C=O) groups excluding carboxylic acids is 6. The van der Waals surface area contributed by atoms with E-state index in [0.717, 1.165) is 153 Å². The molecule has 12 nitrogen and oxygen atoms in total. The summed E-state index contributed by atoms with van der Waals surface area (Å²) >= 11 is 0. The molecule has 126 heavy (non-hydrogen) atoms. The van der Waals surface area contributed by atoms with Crippen LogP contribution in [-0.4, -0.2) is 69.4 Å². The second kappa shape index (κ2) is 35.5. The van der Waals surface area contributed by atoms with Crippen molar-refractivity contribution in [1.29, 1.82) is 0 Å². The van der Waals surface area contributed by atoms with Gasteiger partial charge in [-0.15, -0.1) is 0 Å². The number of hydrogen-bond acceptors (Lipinski definition) is 12. The standard InChI is InChI=1S/C22H38O2.C20H34O2.C19H32O2.C18H28O2.C18H30O2.C17H28O2/c1-6-8-9-21(5,24-19(23)20(3,4)7-2)22-13-16-10-17(14-22)12-18(11-16)15-22;1-5-7-8-20(22-18(21)19(3,4)6-2)16-10-14-9-15(12-16)13-17(20)11-14;1-6-17(2,3)16(20)21-18(4,5)19-10-13-7-14(11-19)9-15(8-13)12-19;1-6-15(2,3)14(19)20-16(4,5)18-10-12-7-11-8-13(18)9-17(11,12)18;1-5-17(3,4)16(19)20-18(6-2)14-8-12-7-13(10-14)11-15(18)9-12;1-5-16(2,3)15(18)19-17(4)13-7-11-6-12(9-13)10-14(17)8-11/h16-18H,6-15H2,1-5H3;14-17H,5-13H2,1-4H3;13-15H,6-12H2,1-5H3;11-13H,6-10H2,1-5H3;12-15H,5-11H2,1-4H3;11-14H,5-10H2,1-4H3. The van der Waals surface area contributed by atoms with E-state index in [0.29, 0.717) is 46.3 Å². The molecule has 0 aliphatic heterocycles. The lowest BCUT2D eigenvalue weighted by molar-refractivity contribution is -0.361. The predicted octanol–water partition coefficient (Wildman–Crippen LogP) is 29.4. The van der Waals surface area contributed by atoms with E-state index in [1.807, 2.05) is 83.1 Å². The number of unbranched alkanes of at least 4 members (excludes halogenated alkanes) is 2. The van der Waals surface area contributed by atoms with Gasteiger partial charge in [0, 0.05) is 16.2 Å². The average molecular weight is 1750 g/mol. The summed E-state index contributed by atoms with van der Waals surface area (Å²) in [6.07, 6.45) is 55.0. The van der Waals surface area contributed by atoms with E-state index in [1.165, 1.54) is 218 Å². The summed E-state index contributed by atoms with van der Waals surface area (Å²) in [5, 5.41) is 0. The molecule has 0 saturated heterocycles. The number of hydrogen-bond donors (Lipinski definition) is 0. The SMILES string of the molecule is CCC(C)(C)C(=O)OC(C)(C)C12CC3CC(CC(C3)C1)C2.CCC(C)(C)C(=O)OC(C)(C)C12CC3CC4CC1CC432.CCC(C)(C)C(=O)OC1(C)C2CC3CC(C2)CC1C3.CCC(C)(C)C(=O)OC1(CC)C2CC3CC(C2)CC1C3.CCCCC(C)(OC(=O)C(C)(C)CC)C12CC3CC(CC(C3)C1)C2.CCCCC1(OC(=O)C(C)(C)CC)C2CC3CC(C2)CC1C3. The van der Waals surface area contributed by atoms with E-state index in [2.05, 4.69) is 104 Å². The molecule has 0 radical (unpaired) electrons. The fourth-order valence-electron chi connectivity index (χ4n) is 33.9. The van der Waals surface area contributed by atoms with Crippen molar-refractivity contribution in [2.45, 2.75) is 503 Å². The highest BCUT2D eigenvalue weighted by atomic mass is 16.6. The van der Waals surface area contributed by atoms with Crippen LogP contribution in [0.3, 0.4) is 0 Å². The van der Waals surface area contributed by atoms with Crippen molar-refractivity contribution in [3.8, 4) is 0 Å². The van der Waals surface area contributed by atoms with E-state index < -0.39 is 0 Å². The van der Waals surface area contributed by atoms with Crippen molar-refractivity contribution in [2.75, 3.05) is 0 Å². The first-order valence-electron chi connectivity index (χ1n) is 54.2. The smallest absolute Gasteiger partial charge is 0.312 e. The molecule has 25 fully saturated rings. The molecule has 0 heterocycles. The lowest BCUT2D eigenvalue weighted by Gasteiger charge is -2.81. The van der Waals surface area contributed by atoms with Crippen LogP contribution in [0.5, 0.6) is 0 Å². The van der Waals surface area contributed by atoms with Crippen LogP contribution in [0.1, 0.15) is 469 Å². The van der Waals surface area contributed by atoms with E-state index in [1.54, 1.807) is 0 Å². The summed E-state index contributed by atoms with van der Waals surface area (Å²) in [7, 11) is 0. The summed E-state index contributed by atoms with van der Waals surface area (Å²) < 4.78 is 37.6. The van der Waals surface area contributed by atoms with Crippen molar-refractivity contribution in [3.63, 3.8) is 0 Å². The Balaban J connectivity index is 0.000000123. The molecule has 25 saturated carbocycles. The third-order valence-corrected chi connectivity index (χ3v) is 43.6. The maximum atomic E-state index is 12.9. The molecule has 6 atom stereocenters. The van der Waals surface area contributed by atoms with E-state index in [9.17, 15) is 28.8 Å². The molecule has 25 rings (SSSR count). The van der Waals surface area contributed by atoms with Crippen LogP contribution in [0.4, 0.5) is 0 Å². The molecular weight excluding hydrogens is 1560 g/mol. The van der Waals surface area contributed by atoms with Crippen LogP contribution in [0.25, 0.3) is 0 Å². The van der Waals surface area contributed by atoms with Gasteiger partial charge in [0.15, 0.2) is 0 Å². The van der Waals surface area contributed by atoms with Crippen molar-refractivity contribution in [1.82, 2.24) is 0 Å². The summed E-state index contributed by atoms with van der Waals surface area (Å²) in [4.78, 5) is 76.0. The fraction of sp³-hybridized carbons (Fsp3) is 0.947. The Morgan fingerprint density at radius 3 is 0.897 bits per heavy atom. The van der Waals surface area contributed by atoms with E-state index in [4.69, 9.17) is 28.4 Å². The van der Waals surface area contributed by atoms with Crippen LogP contribution < -0.4 is 0 Å². The molecule has 6 unspecified atom stereocenters. The van der Waals surface area contributed by atoms with E-state index >= 15 is 0 Å². The van der Waals surface area contributed by atoms with Crippen LogP contribution in [0.15, 0.2) is 0 Å². The van der Waals surface area contributed by atoms with Crippen LogP contribution in [-0.2, 0) is 57.2 Å². The average Bonchev–Trinajstić information content (AvgIpc) is 1.42. The van der Waals surface area contributed by atoms with Crippen LogP contribution >= 0.6 is 0 Å². The fourth-order valence-corrected chi connectivity index (χ4v) is 33.9. The molecule has 22 bridgehead atoms. The second-order valence-electron chi connectivity index (χ2n) is 54.0. The molecule has 12 heteroatoms. The van der Waals surface area contributed by atoms with Gasteiger partial charge in [-0.3, -0.25) is 28.8 Å². The largest absolute Gasteiger partial charge is 0.459 e. The highest BCUT2D eigenvalue weighted by Gasteiger charge is 2.90. The van der Waals surface area contributed by atoms with Crippen LogP contribution in [0.2, 0.25) is 0 Å². The van der Waals surface area contributed by atoms with Gasteiger partial charge in [-0.05, 0) is 524 Å². The number of ether oxygens (including phenoxy) is 6. The topological polar surface area (TPSA) is 158 Å². The molecular formula is C114H190O12. The maximum absolute atomic E-state index is 12.9. The summed E-state index contributed by atoms with van der Waals surface area (Å²) in [6, 6.07) is 0. The zero-order valence-corrected chi connectivity index (χ0v) is 86.1. The van der Waals surface area contributed by atoms with Gasteiger partial charge in [0.1, 0.15) is 33.6 Å². The Morgan fingerprint density at radius 1 is 0.270 bits per heavy atom. The first-order chi connectivity index (χ1) is 58.8. The minimum Gasteiger partial charge on any atom is -0.459 e. The highest BCUT2D eigenvalue weighted by Crippen LogP contribution is 2.94. The Hall–Kier alpha value is -3.18. The van der Waals surface area contributed by atoms with Gasteiger partial charge >= 0.3 is 35.8 Å². The van der Waals surface area contributed by atoms with Crippen molar-refractivity contribution < 1.29 is 57.2 Å². The van der Waals surface area contributed by atoms with Gasteiger partial charge in [-0.1, -0.05) is 75.2 Å². The number of carbonyl (C=O) groups is 6. The van der Waals surface area contributed by atoms with E-state index in [-0.39, 0.29) is 113 Å². The summed E-state index contributed by atoms with van der Waals surface area (Å²) in [5.41, 5.74) is -1.90. The zero-order chi connectivity index (χ0) is 91.9. The quantitative estimate of drug-likeness (QED) is 0.0540. The van der Waals surface area contributed by atoms with Gasteiger partial charge in [-0.2, -0.15) is 0 Å². The minimum absolute atomic E-state index is 0.00129. The monoisotopic (exact) mass is 1750 g/mol. The number of esters is 6. The normalized spacial score (nSPS) is 41.6. The number of rotatable bonds is 28. The van der Waals surface area contributed by atoms with Gasteiger partial charge in [0.05, 0.1) is 32.5 Å². The molecule has 25 aliphatic rings. The third kappa shape index (κ3) is 17.4. The minimum atomic E-state index is -0.365. The first-order valence-corrected chi connectivity index (χ1v) is 54.2. The van der Waals surface area contributed by atoms with Gasteiger partial charge in [0.25, 0.3) is 0 Å². The van der Waals surface area contributed by atoms with Crippen molar-refractivity contribution in [2.24, 2.45) is 178 Å². The third-order valence-electron chi connectivity index (χ3n) is 43.6. The molecule has 25 aliphatic carbocycles. The molecule has 0 aromatic rings. The van der Waals surface area contributed by atoms with Gasteiger partial charge in [0.2, 0.25) is 0 Å². The Kier molecular flexibility index (Phi) is 27.8. The van der Waals surface area contributed by atoms with Gasteiger partial charge < -0.3 is 28.4 Å². The molecule has 718 valence electrons. The van der Waals surface area contributed by atoms with Crippen molar-refractivity contribution in [3.05, 3.63) is 0 Å². The van der Waals surface area contributed by atoms with Crippen molar-refractivity contribution >= 4 is 35.8 Å². The predicted molar refractivity (Wildman–Crippen MR) is 507 cm³/mol. The Morgan fingerprint density at radius 2 is 0.563 bits per heavy atom. The Labute approximate surface area is 770 Å². The molecule has 0 N–H and O–H groups in total. The molecule has 0 amide bonds. The Bertz CT molecular complexity index is 3710. The molecule has 0 aromatic carbocycles. The second-order valence-corrected chi connectivity index (χ2v) is 54.0. The highest BCUT2D eigenvalue weighted by molar-refractivity contribution is 5.79. The molecule has 1 spiro atoms. The van der Waals surface area contributed by atoms with Gasteiger partial charge in [-0.25, -0.2) is 0 Å². The molecule has 0 aromatic heterocycles. The zero-order valence-electron chi connectivity index (χ0n) is 86.1. The first kappa shape index (κ1) is 98.8. The maximum Gasteiger partial charge on any atom is 0.312 e. The lowest BCUT2D eigenvalue weighted by Crippen LogP contribution is -2.79. The summed E-state index contributed by atoms with van der Waals surface area (Å²) in [6.45, 7) is 56.7. The van der Waals surface area contributed by atoms with Crippen LogP contribution in [0, 0.1) is 178 Å². The summed E-state index contributed by atoms with van der Waals surface area (Å²) in [5.74, 6) is 17.6. The lowest BCUT2D eigenvalue weighted by atomic mass is 9.23.